The molecule has 138 valence electrons. The van der Waals surface area contributed by atoms with Crippen LogP contribution in [0.4, 0.5) is 5.69 Å². The second-order valence-corrected chi connectivity index (χ2v) is 8.32. The van der Waals surface area contributed by atoms with Crippen LogP contribution in [-0.4, -0.2) is 27.0 Å². The van der Waals surface area contributed by atoms with Gasteiger partial charge in [0.25, 0.3) is 5.91 Å². The molecule has 1 amide bonds. The number of nitrogens with one attached hydrogen (secondary N) is 2. The zero-order chi connectivity index (χ0) is 18.7. The number of halogens is 1. The van der Waals surface area contributed by atoms with Crippen molar-refractivity contribution in [2.75, 3.05) is 11.9 Å². The number of sulfonamides is 1. The summed E-state index contributed by atoms with van der Waals surface area (Å²) in [6, 6.07) is 11.4. The average molecular weight is 395 g/mol. The van der Waals surface area contributed by atoms with Gasteiger partial charge in [-0.15, -0.1) is 0 Å². The molecule has 1 fully saturated rings. The van der Waals surface area contributed by atoms with Crippen LogP contribution in [0, 0.1) is 6.92 Å². The van der Waals surface area contributed by atoms with Gasteiger partial charge in [0.1, 0.15) is 5.75 Å². The molecule has 0 atom stereocenters. The lowest BCUT2D eigenvalue weighted by Gasteiger charge is -2.12. The summed E-state index contributed by atoms with van der Waals surface area (Å²) in [7, 11) is -3.51. The van der Waals surface area contributed by atoms with Crippen molar-refractivity contribution in [2.45, 2.75) is 30.7 Å². The normalized spacial score (nSPS) is 14.1. The molecular weight excluding hydrogens is 376 g/mol. The molecule has 0 unspecified atom stereocenters. The summed E-state index contributed by atoms with van der Waals surface area (Å²) in [5.74, 6) is 0.139. The Kier molecular flexibility index (Phi) is 5.50. The fourth-order valence-corrected chi connectivity index (χ4v) is 3.83. The van der Waals surface area contributed by atoms with Gasteiger partial charge in [0.2, 0.25) is 10.0 Å². The van der Waals surface area contributed by atoms with Gasteiger partial charge in [-0.05, 0) is 67.8 Å². The summed E-state index contributed by atoms with van der Waals surface area (Å²) in [5, 5.41) is 3.28. The molecule has 0 aliphatic heterocycles. The predicted molar refractivity (Wildman–Crippen MR) is 100 cm³/mol. The van der Waals surface area contributed by atoms with E-state index in [1.54, 1.807) is 37.3 Å². The largest absolute Gasteiger partial charge is 0.483 e. The van der Waals surface area contributed by atoms with E-state index >= 15 is 0 Å². The summed E-state index contributed by atoms with van der Waals surface area (Å²) in [6.07, 6.45) is 1.75. The molecule has 0 bridgehead atoms. The van der Waals surface area contributed by atoms with Gasteiger partial charge in [0.15, 0.2) is 6.61 Å². The first-order chi connectivity index (χ1) is 12.3. The van der Waals surface area contributed by atoms with Gasteiger partial charge in [0, 0.05) is 16.8 Å². The first-order valence-corrected chi connectivity index (χ1v) is 10.0. The molecule has 0 spiro atoms. The van der Waals surface area contributed by atoms with E-state index in [0.29, 0.717) is 22.0 Å². The minimum absolute atomic E-state index is 0.0489. The summed E-state index contributed by atoms with van der Waals surface area (Å²) in [4.78, 5) is 12.2. The first-order valence-electron chi connectivity index (χ1n) is 8.15. The molecule has 2 aromatic rings. The van der Waals surface area contributed by atoms with Crippen LogP contribution < -0.4 is 14.8 Å². The van der Waals surface area contributed by atoms with E-state index < -0.39 is 10.0 Å². The van der Waals surface area contributed by atoms with Gasteiger partial charge in [-0.1, -0.05) is 11.6 Å². The SMILES string of the molecule is Cc1cc(S(=O)(=O)NC2CC2)ccc1OCC(=O)Nc1ccc(Cl)cc1. The molecule has 0 aromatic heterocycles. The Morgan fingerprint density at radius 3 is 2.50 bits per heavy atom. The van der Waals surface area contributed by atoms with Gasteiger partial charge in [-0.2, -0.15) is 0 Å². The summed E-state index contributed by atoms with van der Waals surface area (Å²) in [5.41, 5.74) is 1.26. The number of amides is 1. The number of carbonyl (C=O) groups excluding carboxylic acids is 1. The van der Waals surface area contributed by atoms with Crippen LogP contribution in [0.5, 0.6) is 5.75 Å². The fourth-order valence-electron chi connectivity index (χ4n) is 2.31. The van der Waals surface area contributed by atoms with Crippen molar-refractivity contribution >= 4 is 33.2 Å². The summed E-state index contributed by atoms with van der Waals surface area (Å²) >= 11 is 5.80. The highest BCUT2D eigenvalue weighted by atomic mass is 35.5. The lowest BCUT2D eigenvalue weighted by atomic mass is 10.2. The van der Waals surface area contributed by atoms with E-state index in [4.69, 9.17) is 16.3 Å². The number of aryl methyl sites for hydroxylation is 1. The Morgan fingerprint density at radius 2 is 1.88 bits per heavy atom. The molecule has 8 heteroatoms. The second-order valence-electron chi connectivity index (χ2n) is 6.17. The molecule has 0 radical (unpaired) electrons. The average Bonchev–Trinajstić information content (AvgIpc) is 3.39. The molecule has 0 saturated heterocycles. The number of ether oxygens (including phenoxy) is 1. The smallest absolute Gasteiger partial charge is 0.262 e. The lowest BCUT2D eigenvalue weighted by molar-refractivity contribution is -0.118. The van der Waals surface area contributed by atoms with Gasteiger partial charge in [-0.25, -0.2) is 13.1 Å². The maximum absolute atomic E-state index is 12.2. The number of carbonyl (C=O) groups is 1. The molecule has 1 saturated carbocycles. The first kappa shape index (κ1) is 18.7. The number of anilines is 1. The highest BCUT2D eigenvalue weighted by Crippen LogP contribution is 2.25. The highest BCUT2D eigenvalue weighted by Gasteiger charge is 2.28. The Labute approximate surface area is 157 Å². The standard InChI is InChI=1S/C18H19ClN2O4S/c1-12-10-16(26(23,24)21-15-6-7-15)8-9-17(12)25-11-18(22)20-14-4-2-13(19)3-5-14/h2-5,8-10,15,21H,6-7,11H2,1H3,(H,20,22). The van der Waals surface area contributed by atoms with Gasteiger partial charge in [0.05, 0.1) is 4.90 Å². The zero-order valence-electron chi connectivity index (χ0n) is 14.2. The molecule has 2 aromatic carbocycles. The van der Waals surface area contributed by atoms with Gasteiger partial charge < -0.3 is 10.1 Å². The van der Waals surface area contributed by atoms with Crippen LogP contribution in [0.15, 0.2) is 47.4 Å². The molecule has 1 aliphatic carbocycles. The minimum Gasteiger partial charge on any atom is -0.483 e. The van der Waals surface area contributed by atoms with E-state index in [2.05, 4.69) is 10.0 Å². The summed E-state index contributed by atoms with van der Waals surface area (Å²) in [6.45, 7) is 1.55. The van der Waals surface area contributed by atoms with Crippen LogP contribution in [-0.2, 0) is 14.8 Å². The van der Waals surface area contributed by atoms with Crippen LogP contribution in [0.2, 0.25) is 5.02 Å². The van der Waals surface area contributed by atoms with E-state index in [9.17, 15) is 13.2 Å². The third-order valence-electron chi connectivity index (χ3n) is 3.84. The Hall–Kier alpha value is -2.09. The predicted octanol–water partition coefficient (Wildman–Crippen LogP) is 3.11. The van der Waals surface area contributed by atoms with Crippen LogP contribution >= 0.6 is 11.6 Å². The molecule has 1 aliphatic rings. The highest BCUT2D eigenvalue weighted by molar-refractivity contribution is 7.89. The van der Waals surface area contributed by atoms with E-state index in [-0.39, 0.29) is 23.5 Å². The molecule has 2 N–H and O–H groups in total. The molecule has 26 heavy (non-hydrogen) atoms. The molecule has 6 nitrogen and oxygen atoms in total. The number of hydrogen-bond donors (Lipinski definition) is 2. The molecule has 3 rings (SSSR count). The quantitative estimate of drug-likeness (QED) is 0.755. The zero-order valence-corrected chi connectivity index (χ0v) is 15.7. The maximum atomic E-state index is 12.2. The van der Waals surface area contributed by atoms with Crippen molar-refractivity contribution in [1.29, 1.82) is 0 Å². The molecule has 0 heterocycles. The monoisotopic (exact) mass is 394 g/mol. The van der Waals surface area contributed by atoms with Crippen molar-refractivity contribution in [3.8, 4) is 5.75 Å². The van der Waals surface area contributed by atoms with E-state index in [0.717, 1.165) is 12.8 Å². The number of benzene rings is 2. The molecular formula is C18H19ClN2O4S. The van der Waals surface area contributed by atoms with Crippen molar-refractivity contribution in [1.82, 2.24) is 4.72 Å². The Morgan fingerprint density at radius 1 is 1.19 bits per heavy atom. The summed E-state index contributed by atoms with van der Waals surface area (Å²) < 4.78 is 32.6. The van der Waals surface area contributed by atoms with Gasteiger partial charge >= 0.3 is 0 Å². The van der Waals surface area contributed by atoms with Crippen LogP contribution in [0.1, 0.15) is 18.4 Å². The van der Waals surface area contributed by atoms with Crippen molar-refractivity contribution < 1.29 is 17.9 Å². The van der Waals surface area contributed by atoms with Crippen molar-refractivity contribution in [3.63, 3.8) is 0 Å². The van der Waals surface area contributed by atoms with Crippen LogP contribution in [0.3, 0.4) is 0 Å². The number of hydrogen-bond acceptors (Lipinski definition) is 4. The second kappa shape index (κ2) is 7.65. The topological polar surface area (TPSA) is 84.5 Å². The van der Waals surface area contributed by atoms with Crippen LogP contribution in [0.25, 0.3) is 0 Å². The van der Waals surface area contributed by atoms with E-state index in [1.165, 1.54) is 12.1 Å². The van der Waals surface area contributed by atoms with Crippen molar-refractivity contribution in [3.05, 3.63) is 53.1 Å². The fraction of sp³-hybridized carbons (Fsp3) is 0.278. The maximum Gasteiger partial charge on any atom is 0.262 e. The number of rotatable bonds is 7. The Balaban J connectivity index is 1.59. The van der Waals surface area contributed by atoms with Gasteiger partial charge in [-0.3, -0.25) is 4.79 Å². The lowest BCUT2D eigenvalue weighted by Crippen LogP contribution is -2.25. The third-order valence-corrected chi connectivity index (χ3v) is 5.61. The third kappa shape index (κ3) is 4.97. The minimum atomic E-state index is -3.51. The Bertz CT molecular complexity index is 909. The van der Waals surface area contributed by atoms with E-state index in [1.807, 2.05) is 0 Å². The van der Waals surface area contributed by atoms with Crippen molar-refractivity contribution in [2.24, 2.45) is 0 Å².